The highest BCUT2D eigenvalue weighted by Crippen LogP contribution is 2.27. The van der Waals surface area contributed by atoms with Gasteiger partial charge in [-0.05, 0) is 36.4 Å². The molecule has 5 aromatic rings. The van der Waals surface area contributed by atoms with Crippen molar-refractivity contribution >= 4 is 33.6 Å². The number of aromatic nitrogens is 2. The van der Waals surface area contributed by atoms with Crippen molar-refractivity contribution < 1.29 is 18.9 Å². The molecule has 0 unspecified atom stereocenters. The fourth-order valence-corrected chi connectivity index (χ4v) is 3.52. The molecule has 0 radical (unpaired) electrons. The molecular formula is C24H17N5O5. The summed E-state index contributed by atoms with van der Waals surface area (Å²) in [5, 5.41) is 15.8. The highest BCUT2D eigenvalue weighted by atomic mass is 16.6. The molecule has 168 valence electrons. The quantitative estimate of drug-likeness (QED) is 0.302. The van der Waals surface area contributed by atoms with Gasteiger partial charge in [0.15, 0.2) is 11.3 Å². The first-order valence-corrected chi connectivity index (χ1v) is 10.2. The Bertz CT molecular complexity index is 1590. The van der Waals surface area contributed by atoms with Gasteiger partial charge in [-0.3, -0.25) is 14.9 Å². The third kappa shape index (κ3) is 3.84. The molecule has 2 N–H and O–H groups in total. The van der Waals surface area contributed by atoms with Crippen LogP contribution in [0.15, 0.2) is 82.3 Å². The smallest absolute Gasteiger partial charge is 0.271 e. The third-order valence-corrected chi connectivity index (χ3v) is 5.20. The maximum Gasteiger partial charge on any atom is 0.271 e. The van der Waals surface area contributed by atoms with Gasteiger partial charge < -0.3 is 14.1 Å². The highest BCUT2D eigenvalue weighted by molar-refractivity contribution is 5.94. The number of carbonyl (C=O) groups excluding carboxylic acids is 1. The molecule has 0 atom stereocenters. The number of nitrogens with one attached hydrogen (secondary N) is 2. The molecular weight excluding hydrogens is 438 g/mol. The number of methoxy groups -OCH3 is 1. The SMILES string of the molecule is COc1cccc2cc(-c3nc4ccccc4[nH]3)/c(=N/NC(=O)c3ccc([N+](=O)[O-])cc3)oc12. The lowest BCUT2D eigenvalue weighted by atomic mass is 10.1. The first kappa shape index (κ1) is 20.9. The maximum atomic E-state index is 12.6. The molecule has 0 fully saturated rings. The van der Waals surface area contributed by atoms with Crippen molar-refractivity contribution in [2.45, 2.75) is 0 Å². The van der Waals surface area contributed by atoms with Crippen LogP contribution >= 0.6 is 0 Å². The minimum atomic E-state index is -0.555. The van der Waals surface area contributed by atoms with E-state index in [-0.39, 0.29) is 16.8 Å². The second-order valence-corrected chi connectivity index (χ2v) is 7.30. The first-order chi connectivity index (χ1) is 16.5. The summed E-state index contributed by atoms with van der Waals surface area (Å²) >= 11 is 0. The van der Waals surface area contributed by atoms with Gasteiger partial charge >= 0.3 is 0 Å². The predicted molar refractivity (Wildman–Crippen MR) is 124 cm³/mol. The highest BCUT2D eigenvalue weighted by Gasteiger charge is 2.14. The summed E-state index contributed by atoms with van der Waals surface area (Å²) in [5.74, 6) is 0.464. The second-order valence-electron chi connectivity index (χ2n) is 7.30. The maximum absolute atomic E-state index is 12.6. The lowest BCUT2D eigenvalue weighted by Crippen LogP contribution is -2.22. The summed E-state index contributed by atoms with van der Waals surface area (Å²) in [6.07, 6.45) is 0. The van der Waals surface area contributed by atoms with E-state index >= 15 is 0 Å². The van der Waals surface area contributed by atoms with E-state index in [9.17, 15) is 14.9 Å². The number of imidazole rings is 1. The van der Waals surface area contributed by atoms with Crippen LogP contribution in [0.1, 0.15) is 10.4 Å². The fraction of sp³-hybridized carbons (Fsp3) is 0.0417. The van der Waals surface area contributed by atoms with Crippen LogP contribution in [-0.2, 0) is 0 Å². The van der Waals surface area contributed by atoms with Crippen LogP contribution in [0.5, 0.6) is 5.75 Å². The van der Waals surface area contributed by atoms with Gasteiger partial charge in [0.1, 0.15) is 5.82 Å². The van der Waals surface area contributed by atoms with Crippen molar-refractivity contribution in [3.8, 4) is 17.1 Å². The van der Waals surface area contributed by atoms with Crippen LogP contribution in [-0.4, -0.2) is 27.9 Å². The summed E-state index contributed by atoms with van der Waals surface area (Å²) in [6.45, 7) is 0. The zero-order valence-electron chi connectivity index (χ0n) is 17.8. The Morgan fingerprint density at radius 1 is 1.12 bits per heavy atom. The lowest BCUT2D eigenvalue weighted by Gasteiger charge is -2.07. The predicted octanol–water partition coefficient (Wildman–Crippen LogP) is 4.14. The summed E-state index contributed by atoms with van der Waals surface area (Å²) in [6, 6.07) is 20.1. The van der Waals surface area contributed by atoms with Gasteiger partial charge in [-0.1, -0.05) is 24.3 Å². The molecule has 0 aliphatic carbocycles. The van der Waals surface area contributed by atoms with E-state index < -0.39 is 10.8 Å². The number of non-ortho nitro benzene ring substituents is 1. The van der Waals surface area contributed by atoms with Gasteiger partial charge in [-0.15, -0.1) is 5.10 Å². The Balaban J connectivity index is 1.61. The van der Waals surface area contributed by atoms with Crippen molar-refractivity contribution in [2.24, 2.45) is 5.10 Å². The van der Waals surface area contributed by atoms with Crippen LogP contribution < -0.4 is 15.7 Å². The van der Waals surface area contributed by atoms with Gasteiger partial charge in [0.2, 0.25) is 5.55 Å². The topological polar surface area (TPSA) is 136 Å². The average Bonchev–Trinajstić information content (AvgIpc) is 3.30. The van der Waals surface area contributed by atoms with Crippen molar-refractivity contribution in [3.63, 3.8) is 0 Å². The summed E-state index contributed by atoms with van der Waals surface area (Å²) < 4.78 is 11.4. The molecule has 0 saturated heterocycles. The molecule has 0 spiro atoms. The van der Waals surface area contributed by atoms with Crippen molar-refractivity contribution in [2.75, 3.05) is 7.11 Å². The van der Waals surface area contributed by atoms with Crippen LogP contribution in [0.25, 0.3) is 33.4 Å². The zero-order valence-corrected chi connectivity index (χ0v) is 17.8. The Labute approximate surface area is 191 Å². The first-order valence-electron chi connectivity index (χ1n) is 10.2. The number of nitrogens with zero attached hydrogens (tertiary/aromatic N) is 3. The van der Waals surface area contributed by atoms with Gasteiger partial charge in [0.05, 0.1) is 28.6 Å². The number of para-hydroxylation sites is 3. The number of hydrogen-bond donors (Lipinski definition) is 2. The number of amides is 1. The number of rotatable bonds is 5. The van der Waals surface area contributed by atoms with Gasteiger partial charge in [-0.2, -0.15) is 0 Å². The van der Waals surface area contributed by atoms with Gasteiger partial charge in [-0.25, -0.2) is 10.4 Å². The molecule has 5 rings (SSSR count). The summed E-state index contributed by atoms with van der Waals surface area (Å²) in [4.78, 5) is 30.8. The number of nitro benzene ring substituents is 1. The Morgan fingerprint density at radius 2 is 1.91 bits per heavy atom. The molecule has 10 nitrogen and oxygen atoms in total. The molecule has 10 heteroatoms. The van der Waals surface area contributed by atoms with Crippen LogP contribution in [0, 0.1) is 10.1 Å². The molecule has 34 heavy (non-hydrogen) atoms. The van der Waals surface area contributed by atoms with E-state index in [1.165, 1.54) is 31.4 Å². The third-order valence-electron chi connectivity index (χ3n) is 5.20. The van der Waals surface area contributed by atoms with Crippen molar-refractivity contribution in [1.29, 1.82) is 0 Å². The van der Waals surface area contributed by atoms with E-state index in [0.29, 0.717) is 22.7 Å². The molecule has 0 aliphatic rings. The number of fused-ring (bicyclic) bond motifs is 2. The summed E-state index contributed by atoms with van der Waals surface area (Å²) in [7, 11) is 1.53. The van der Waals surface area contributed by atoms with Crippen molar-refractivity contribution in [1.82, 2.24) is 15.4 Å². The molecule has 0 bridgehead atoms. The fourth-order valence-electron chi connectivity index (χ4n) is 3.52. The number of hydrogen-bond acceptors (Lipinski definition) is 7. The van der Waals surface area contributed by atoms with E-state index in [1.807, 2.05) is 42.5 Å². The number of aromatic amines is 1. The van der Waals surface area contributed by atoms with E-state index in [1.54, 1.807) is 6.07 Å². The number of benzene rings is 3. The molecule has 3 aromatic carbocycles. The van der Waals surface area contributed by atoms with Crippen molar-refractivity contribution in [3.05, 3.63) is 94.0 Å². The zero-order chi connectivity index (χ0) is 23.7. The van der Waals surface area contributed by atoms with Gasteiger partial charge in [0.25, 0.3) is 11.6 Å². The standard InChI is InChI=1S/C24H17N5O5/c1-33-20-8-4-5-15-13-17(22-25-18-6-2-3-7-19(18)26-22)24(34-21(15)20)28-27-23(30)14-9-11-16(12-10-14)29(31)32/h2-13H,1H3,(H,25,26)(H,27,30)/b28-24-. The Kier molecular flexibility index (Phi) is 5.23. The summed E-state index contributed by atoms with van der Waals surface area (Å²) in [5.41, 5.74) is 5.23. The second kappa shape index (κ2) is 8.51. The van der Waals surface area contributed by atoms with Crippen LogP contribution in [0.3, 0.4) is 0 Å². The molecule has 0 saturated carbocycles. The molecule has 2 heterocycles. The van der Waals surface area contributed by atoms with E-state index in [2.05, 4.69) is 20.5 Å². The molecule has 1 amide bonds. The lowest BCUT2D eigenvalue weighted by molar-refractivity contribution is -0.384. The Morgan fingerprint density at radius 3 is 2.65 bits per heavy atom. The van der Waals surface area contributed by atoms with Crippen LogP contribution in [0.4, 0.5) is 5.69 Å². The number of nitro groups is 1. The van der Waals surface area contributed by atoms with E-state index in [4.69, 9.17) is 9.15 Å². The monoisotopic (exact) mass is 455 g/mol. The normalized spacial score (nSPS) is 11.6. The Hall–Kier alpha value is -4.99. The van der Waals surface area contributed by atoms with E-state index in [0.717, 1.165) is 16.4 Å². The number of H-pyrrole nitrogens is 1. The molecule has 2 aromatic heterocycles. The molecule has 0 aliphatic heterocycles. The van der Waals surface area contributed by atoms with Crippen LogP contribution in [0.2, 0.25) is 0 Å². The number of carbonyl (C=O) groups is 1. The largest absolute Gasteiger partial charge is 0.493 e. The minimum absolute atomic E-state index is 0.103. The average molecular weight is 455 g/mol. The van der Waals surface area contributed by atoms with Gasteiger partial charge in [0, 0.05) is 23.1 Å². The minimum Gasteiger partial charge on any atom is -0.493 e. The number of ether oxygens (including phenoxy) is 1.